The van der Waals surface area contributed by atoms with Crippen LogP contribution in [0.4, 0.5) is 0 Å². The minimum atomic E-state index is -0.295. The number of pyridine rings is 1. The predicted octanol–water partition coefficient (Wildman–Crippen LogP) is 4.25. The number of benzene rings is 2. The largest absolute Gasteiger partial charge is 0.378 e. The summed E-state index contributed by atoms with van der Waals surface area (Å²) in [4.78, 5) is 32.8. The van der Waals surface area contributed by atoms with E-state index in [1.54, 1.807) is 25.4 Å². The Bertz CT molecular complexity index is 1470. The van der Waals surface area contributed by atoms with Crippen LogP contribution >= 0.6 is 0 Å². The standard InChI is InChI=1S/C30H30N4O3/c1-33-24-13-6-3-9-20(24)19-25(33)29(36)34-17-14-30(15-18-34)22-11-5-4-10-21(22)26(27(30)37-2)32-28(35)23-12-7-8-16-31-23/h3-13,16,19,26-27H,14-15,17-18H2,1-2H3,(H,32,35)/t26-,27+/m1/s1. The van der Waals surface area contributed by atoms with Gasteiger partial charge in [-0.05, 0) is 48.2 Å². The van der Waals surface area contributed by atoms with E-state index < -0.39 is 0 Å². The second-order valence-electron chi connectivity index (χ2n) is 10.0. The van der Waals surface area contributed by atoms with Gasteiger partial charge in [-0.1, -0.05) is 48.5 Å². The van der Waals surface area contributed by atoms with Crippen LogP contribution in [0, 0.1) is 0 Å². The van der Waals surface area contributed by atoms with E-state index in [2.05, 4.69) is 22.4 Å². The van der Waals surface area contributed by atoms with Gasteiger partial charge in [0.05, 0.1) is 12.1 Å². The van der Waals surface area contributed by atoms with Crippen molar-refractivity contribution >= 4 is 22.7 Å². The number of rotatable bonds is 4. The fourth-order valence-corrected chi connectivity index (χ4v) is 6.40. The lowest BCUT2D eigenvalue weighted by molar-refractivity contribution is -0.00944. The van der Waals surface area contributed by atoms with Crippen molar-refractivity contribution in [2.45, 2.75) is 30.4 Å². The number of nitrogens with zero attached hydrogens (tertiary/aromatic N) is 3. The molecule has 7 nitrogen and oxygen atoms in total. The Labute approximate surface area is 216 Å². The molecule has 0 radical (unpaired) electrons. The summed E-state index contributed by atoms with van der Waals surface area (Å²) in [7, 11) is 3.66. The van der Waals surface area contributed by atoms with Gasteiger partial charge >= 0.3 is 0 Å². The molecular weight excluding hydrogens is 464 g/mol. The molecule has 0 unspecified atom stereocenters. The molecule has 188 valence electrons. The summed E-state index contributed by atoms with van der Waals surface area (Å²) >= 11 is 0. The maximum absolute atomic E-state index is 13.6. The zero-order valence-corrected chi connectivity index (χ0v) is 21.1. The van der Waals surface area contributed by atoms with Crippen LogP contribution in [0.15, 0.2) is 79.0 Å². The topological polar surface area (TPSA) is 76.5 Å². The number of carbonyl (C=O) groups is 2. The highest BCUT2D eigenvalue weighted by atomic mass is 16.5. The number of para-hydroxylation sites is 1. The van der Waals surface area contributed by atoms with E-state index in [9.17, 15) is 9.59 Å². The number of fused-ring (bicyclic) bond motifs is 3. The molecule has 1 spiro atoms. The number of methoxy groups -OCH3 is 1. The summed E-state index contributed by atoms with van der Waals surface area (Å²) in [6, 6.07) is 23.3. The van der Waals surface area contributed by atoms with Crippen molar-refractivity contribution in [3.8, 4) is 0 Å². The van der Waals surface area contributed by atoms with Crippen LogP contribution in [0.1, 0.15) is 51.0 Å². The quantitative estimate of drug-likeness (QED) is 0.460. The van der Waals surface area contributed by atoms with Crippen LogP contribution in [0.5, 0.6) is 0 Å². The van der Waals surface area contributed by atoms with Crippen molar-refractivity contribution in [3.05, 3.63) is 102 Å². The Morgan fingerprint density at radius 3 is 2.46 bits per heavy atom. The number of ether oxygens (including phenoxy) is 1. The average Bonchev–Trinajstić information content (AvgIpc) is 3.41. The first kappa shape index (κ1) is 23.4. The van der Waals surface area contributed by atoms with Crippen LogP contribution in [-0.4, -0.2) is 52.6 Å². The van der Waals surface area contributed by atoms with E-state index in [1.807, 2.05) is 65.0 Å². The molecule has 1 saturated heterocycles. The Morgan fingerprint density at radius 2 is 1.73 bits per heavy atom. The Morgan fingerprint density at radius 1 is 1.00 bits per heavy atom. The third-order valence-electron chi connectivity index (χ3n) is 8.23. The molecule has 4 aromatic rings. The van der Waals surface area contributed by atoms with Crippen LogP contribution in [0.2, 0.25) is 0 Å². The van der Waals surface area contributed by atoms with Gasteiger partial charge in [0.2, 0.25) is 0 Å². The van der Waals surface area contributed by atoms with Gasteiger partial charge in [-0.25, -0.2) is 0 Å². The average molecular weight is 495 g/mol. The molecule has 2 aromatic carbocycles. The summed E-state index contributed by atoms with van der Waals surface area (Å²) < 4.78 is 8.11. The van der Waals surface area contributed by atoms with Gasteiger partial charge in [0.25, 0.3) is 11.8 Å². The highest BCUT2D eigenvalue weighted by molar-refractivity contribution is 5.98. The molecule has 6 rings (SSSR count). The SMILES string of the molecule is CO[C@H]1[C@H](NC(=O)c2ccccn2)c2ccccc2C12CCN(C(=O)c1cc3ccccc3n1C)CC2. The number of amides is 2. The first-order chi connectivity index (χ1) is 18.0. The zero-order chi connectivity index (χ0) is 25.6. The number of piperidine rings is 1. The lowest BCUT2D eigenvalue weighted by Crippen LogP contribution is -2.51. The third-order valence-corrected chi connectivity index (χ3v) is 8.23. The maximum atomic E-state index is 13.6. The van der Waals surface area contributed by atoms with Crippen molar-refractivity contribution in [2.75, 3.05) is 20.2 Å². The number of carbonyl (C=O) groups excluding carboxylic acids is 2. The van der Waals surface area contributed by atoms with Crippen molar-refractivity contribution in [3.63, 3.8) is 0 Å². The lowest BCUT2D eigenvalue weighted by Gasteiger charge is -2.44. The number of hydrogen-bond acceptors (Lipinski definition) is 4. The molecule has 1 aliphatic carbocycles. The van der Waals surface area contributed by atoms with Gasteiger partial charge in [0, 0.05) is 49.8 Å². The fraction of sp³-hybridized carbons (Fsp3) is 0.300. The highest BCUT2D eigenvalue weighted by Gasteiger charge is 2.54. The second kappa shape index (κ2) is 9.16. The van der Waals surface area contributed by atoms with Crippen molar-refractivity contribution < 1.29 is 14.3 Å². The van der Waals surface area contributed by atoms with Gasteiger partial charge in [-0.3, -0.25) is 14.6 Å². The van der Waals surface area contributed by atoms with Crippen molar-refractivity contribution in [1.29, 1.82) is 0 Å². The Kier molecular flexibility index (Phi) is 5.80. The molecule has 3 heterocycles. The summed E-state index contributed by atoms with van der Waals surface area (Å²) in [6.45, 7) is 1.24. The van der Waals surface area contributed by atoms with Crippen LogP contribution in [0.25, 0.3) is 10.9 Å². The minimum absolute atomic E-state index is 0.0498. The number of aromatic nitrogens is 2. The normalized spacial score (nSPS) is 20.2. The molecule has 2 atom stereocenters. The molecule has 0 saturated carbocycles. The first-order valence-corrected chi connectivity index (χ1v) is 12.7. The Hall–Kier alpha value is -3.97. The zero-order valence-electron chi connectivity index (χ0n) is 21.1. The summed E-state index contributed by atoms with van der Waals surface area (Å²) in [5.74, 6) is -0.170. The molecule has 7 heteroatoms. The molecule has 1 N–H and O–H groups in total. The van der Waals surface area contributed by atoms with Crippen LogP contribution in [-0.2, 0) is 17.2 Å². The number of hydrogen-bond donors (Lipinski definition) is 1. The molecule has 37 heavy (non-hydrogen) atoms. The molecule has 2 amide bonds. The van der Waals surface area contributed by atoms with Crippen molar-refractivity contribution in [2.24, 2.45) is 7.05 Å². The lowest BCUT2D eigenvalue weighted by atomic mass is 9.71. The monoisotopic (exact) mass is 494 g/mol. The van der Waals surface area contributed by atoms with E-state index >= 15 is 0 Å². The van der Waals surface area contributed by atoms with Gasteiger partial charge in [-0.15, -0.1) is 0 Å². The molecule has 0 bridgehead atoms. The van der Waals surface area contributed by atoms with Crippen molar-refractivity contribution in [1.82, 2.24) is 19.8 Å². The molecular formula is C30H30N4O3. The van der Waals surface area contributed by atoms with E-state index in [1.165, 1.54) is 5.56 Å². The summed E-state index contributed by atoms with van der Waals surface area (Å²) in [5, 5.41) is 4.26. The second-order valence-corrected chi connectivity index (χ2v) is 10.0. The van der Waals surface area contributed by atoms with Gasteiger partial charge in [0.15, 0.2) is 0 Å². The minimum Gasteiger partial charge on any atom is -0.378 e. The van der Waals surface area contributed by atoms with Gasteiger partial charge in [0.1, 0.15) is 11.4 Å². The van der Waals surface area contributed by atoms with E-state index in [-0.39, 0.29) is 29.4 Å². The van der Waals surface area contributed by atoms with E-state index in [4.69, 9.17) is 4.74 Å². The third kappa shape index (κ3) is 3.73. The molecule has 2 aromatic heterocycles. The molecule has 1 fully saturated rings. The number of likely N-dealkylation sites (tertiary alicyclic amines) is 1. The fourth-order valence-electron chi connectivity index (χ4n) is 6.40. The van der Waals surface area contributed by atoms with Crippen LogP contribution < -0.4 is 5.32 Å². The molecule has 1 aliphatic heterocycles. The van der Waals surface area contributed by atoms with Gasteiger partial charge < -0.3 is 19.5 Å². The van der Waals surface area contributed by atoms with Gasteiger partial charge in [-0.2, -0.15) is 0 Å². The van der Waals surface area contributed by atoms with E-state index in [0.717, 1.165) is 29.3 Å². The summed E-state index contributed by atoms with van der Waals surface area (Å²) in [5.41, 5.74) is 4.12. The number of nitrogens with one attached hydrogen (secondary N) is 1. The number of aryl methyl sites for hydroxylation is 1. The van der Waals surface area contributed by atoms with Crippen LogP contribution in [0.3, 0.4) is 0 Å². The van der Waals surface area contributed by atoms with E-state index in [0.29, 0.717) is 24.5 Å². The maximum Gasteiger partial charge on any atom is 0.270 e. The summed E-state index contributed by atoms with van der Waals surface area (Å²) in [6.07, 6.45) is 2.89. The predicted molar refractivity (Wildman–Crippen MR) is 141 cm³/mol. The Balaban J connectivity index is 1.27. The highest BCUT2D eigenvalue weighted by Crippen LogP contribution is 2.52. The molecule has 2 aliphatic rings. The first-order valence-electron chi connectivity index (χ1n) is 12.7. The smallest absolute Gasteiger partial charge is 0.270 e.